The Hall–Kier alpha value is -1.71. The molecule has 0 aromatic heterocycles. The van der Waals surface area contributed by atoms with Crippen molar-refractivity contribution in [2.45, 2.75) is 27.7 Å². The first-order chi connectivity index (χ1) is 11.8. The molecule has 0 aliphatic heterocycles. The highest BCUT2D eigenvalue weighted by Gasteiger charge is 2.20. The largest absolute Gasteiger partial charge is 0.493 e. The summed E-state index contributed by atoms with van der Waals surface area (Å²) in [5, 5.41) is 9.22. The summed E-state index contributed by atoms with van der Waals surface area (Å²) in [6.07, 6.45) is 0. The molecule has 0 bridgehead atoms. The highest BCUT2D eigenvalue weighted by molar-refractivity contribution is 14.0. The maximum absolute atomic E-state index is 11.8. The summed E-state index contributed by atoms with van der Waals surface area (Å²) in [4.78, 5) is 16.0. The molecule has 3 N–H and O–H groups in total. The third kappa shape index (κ3) is 8.11. The molecule has 0 fully saturated rings. The number of methoxy groups -OCH3 is 1. The second-order valence-electron chi connectivity index (χ2n) is 6.43. The number of carbonyl (C=O) groups is 1. The second-order valence-corrected chi connectivity index (χ2v) is 6.43. The average Bonchev–Trinajstić information content (AvgIpc) is 2.57. The summed E-state index contributed by atoms with van der Waals surface area (Å²) in [6.45, 7) is 9.24. The Bertz CT molecular complexity index is 601. The van der Waals surface area contributed by atoms with Gasteiger partial charge in [-0.05, 0) is 19.1 Å². The summed E-state index contributed by atoms with van der Waals surface area (Å²) in [5.74, 6) is 1.98. The van der Waals surface area contributed by atoms with E-state index in [0.29, 0.717) is 37.2 Å². The average molecular weight is 478 g/mol. The number of hydrogen-bond donors (Lipinski definition) is 3. The van der Waals surface area contributed by atoms with Gasteiger partial charge in [-0.3, -0.25) is 9.79 Å². The molecule has 7 nitrogen and oxygen atoms in total. The van der Waals surface area contributed by atoms with Crippen LogP contribution in [-0.2, 0) is 4.79 Å². The van der Waals surface area contributed by atoms with Gasteiger partial charge in [0.05, 0.1) is 13.7 Å². The lowest BCUT2D eigenvalue weighted by Gasteiger charge is -2.18. The van der Waals surface area contributed by atoms with E-state index in [1.807, 2.05) is 45.9 Å². The van der Waals surface area contributed by atoms with E-state index in [4.69, 9.17) is 9.47 Å². The second kappa shape index (κ2) is 11.8. The Balaban J connectivity index is 0.00000625. The van der Waals surface area contributed by atoms with Crippen molar-refractivity contribution in [1.82, 2.24) is 10.6 Å². The normalized spacial score (nSPS) is 11.2. The van der Waals surface area contributed by atoms with Crippen LogP contribution >= 0.6 is 24.0 Å². The monoisotopic (exact) mass is 478 g/mol. The van der Waals surface area contributed by atoms with E-state index < -0.39 is 5.41 Å². The Morgan fingerprint density at radius 1 is 1.15 bits per heavy atom. The van der Waals surface area contributed by atoms with Crippen molar-refractivity contribution in [3.63, 3.8) is 0 Å². The molecule has 0 aliphatic rings. The van der Waals surface area contributed by atoms with Gasteiger partial charge in [-0.1, -0.05) is 20.8 Å². The number of hydrogen-bond acceptors (Lipinski definition) is 4. The summed E-state index contributed by atoms with van der Waals surface area (Å²) in [7, 11) is 3.29. The lowest BCUT2D eigenvalue weighted by Crippen LogP contribution is -2.41. The molecule has 0 heterocycles. The highest BCUT2D eigenvalue weighted by Crippen LogP contribution is 2.30. The zero-order valence-corrected chi connectivity index (χ0v) is 18.8. The van der Waals surface area contributed by atoms with Crippen molar-refractivity contribution in [2.24, 2.45) is 10.4 Å². The SMILES string of the molecule is CCOc1ccc(NC(=NC)NCCNC(=O)C(C)(C)C)cc1OC.I. The zero-order valence-electron chi connectivity index (χ0n) is 16.4. The molecule has 1 aromatic carbocycles. The van der Waals surface area contributed by atoms with E-state index in [1.165, 1.54) is 0 Å². The number of nitrogens with one attached hydrogen (secondary N) is 3. The van der Waals surface area contributed by atoms with Gasteiger partial charge in [0, 0.05) is 37.3 Å². The van der Waals surface area contributed by atoms with Crippen LogP contribution in [0.3, 0.4) is 0 Å². The van der Waals surface area contributed by atoms with E-state index in [9.17, 15) is 4.79 Å². The van der Waals surface area contributed by atoms with E-state index in [1.54, 1.807) is 14.2 Å². The molecule has 0 radical (unpaired) electrons. The number of anilines is 1. The van der Waals surface area contributed by atoms with Gasteiger partial charge < -0.3 is 25.4 Å². The van der Waals surface area contributed by atoms with E-state index in [2.05, 4.69) is 20.9 Å². The molecule has 148 valence electrons. The summed E-state index contributed by atoms with van der Waals surface area (Å²) in [6, 6.07) is 5.59. The van der Waals surface area contributed by atoms with Crippen molar-refractivity contribution in [2.75, 3.05) is 39.2 Å². The van der Waals surface area contributed by atoms with Crippen molar-refractivity contribution in [3.8, 4) is 11.5 Å². The lowest BCUT2D eigenvalue weighted by atomic mass is 9.96. The molecule has 1 rings (SSSR count). The molecule has 8 heteroatoms. The van der Waals surface area contributed by atoms with Crippen LogP contribution in [-0.4, -0.2) is 45.7 Å². The number of carbonyl (C=O) groups excluding carboxylic acids is 1. The molecular formula is C18H31IN4O3. The first-order valence-electron chi connectivity index (χ1n) is 8.38. The Morgan fingerprint density at radius 2 is 1.81 bits per heavy atom. The number of amides is 1. The molecule has 0 spiro atoms. The fourth-order valence-electron chi connectivity index (χ4n) is 1.96. The number of guanidine groups is 1. The maximum atomic E-state index is 11.8. The quantitative estimate of drug-likeness (QED) is 0.243. The van der Waals surface area contributed by atoms with Crippen LogP contribution in [0.25, 0.3) is 0 Å². The van der Waals surface area contributed by atoms with Gasteiger partial charge in [0.15, 0.2) is 17.5 Å². The standard InChI is InChI=1S/C18H30N4O3.HI/c1-7-25-14-9-8-13(12-15(14)24-6)22-17(19-5)21-11-10-20-16(23)18(2,3)4;/h8-9,12H,7,10-11H2,1-6H3,(H,20,23)(H2,19,21,22);1H. The zero-order chi connectivity index (χ0) is 18.9. The Labute approximate surface area is 173 Å². The fraction of sp³-hybridized carbons (Fsp3) is 0.556. The fourth-order valence-corrected chi connectivity index (χ4v) is 1.96. The maximum Gasteiger partial charge on any atom is 0.225 e. The molecule has 0 aliphatic carbocycles. The predicted molar refractivity (Wildman–Crippen MR) is 117 cm³/mol. The van der Waals surface area contributed by atoms with E-state index in [0.717, 1.165) is 5.69 Å². The van der Waals surface area contributed by atoms with Crippen LogP contribution in [0.4, 0.5) is 5.69 Å². The smallest absolute Gasteiger partial charge is 0.225 e. The minimum Gasteiger partial charge on any atom is -0.493 e. The third-order valence-corrected chi connectivity index (χ3v) is 3.33. The van der Waals surface area contributed by atoms with Crippen molar-refractivity contribution in [3.05, 3.63) is 18.2 Å². The van der Waals surface area contributed by atoms with Crippen molar-refractivity contribution >= 4 is 41.5 Å². The number of aliphatic imine (C=N–C) groups is 1. The van der Waals surface area contributed by atoms with Crippen LogP contribution in [0, 0.1) is 5.41 Å². The van der Waals surface area contributed by atoms with Crippen LogP contribution < -0.4 is 25.4 Å². The van der Waals surface area contributed by atoms with Gasteiger partial charge in [-0.25, -0.2) is 0 Å². The predicted octanol–water partition coefficient (Wildman–Crippen LogP) is 2.86. The van der Waals surface area contributed by atoms with Crippen LogP contribution in [0.15, 0.2) is 23.2 Å². The Kier molecular flexibility index (Phi) is 11.0. The number of ether oxygens (including phenoxy) is 2. The van der Waals surface area contributed by atoms with Crippen molar-refractivity contribution in [1.29, 1.82) is 0 Å². The topological polar surface area (TPSA) is 84.0 Å². The third-order valence-electron chi connectivity index (χ3n) is 3.33. The summed E-state index contributed by atoms with van der Waals surface area (Å²) < 4.78 is 10.8. The molecule has 1 aromatic rings. The molecule has 0 atom stereocenters. The number of halogens is 1. The van der Waals surface area contributed by atoms with E-state index in [-0.39, 0.29) is 29.9 Å². The molecule has 1 amide bonds. The van der Waals surface area contributed by atoms with Gasteiger partial charge >= 0.3 is 0 Å². The number of benzene rings is 1. The van der Waals surface area contributed by atoms with Crippen LogP contribution in [0.5, 0.6) is 11.5 Å². The van der Waals surface area contributed by atoms with E-state index >= 15 is 0 Å². The van der Waals surface area contributed by atoms with Gasteiger partial charge in [0.1, 0.15) is 0 Å². The molecule has 26 heavy (non-hydrogen) atoms. The molecule has 0 saturated heterocycles. The molecule has 0 saturated carbocycles. The number of rotatable bonds is 7. The van der Waals surface area contributed by atoms with Gasteiger partial charge in [0.25, 0.3) is 0 Å². The number of nitrogens with zero attached hydrogens (tertiary/aromatic N) is 1. The minimum atomic E-state index is -0.390. The minimum absolute atomic E-state index is 0. The van der Waals surface area contributed by atoms with Crippen LogP contribution in [0.2, 0.25) is 0 Å². The first-order valence-corrected chi connectivity index (χ1v) is 8.38. The van der Waals surface area contributed by atoms with Crippen LogP contribution in [0.1, 0.15) is 27.7 Å². The Morgan fingerprint density at radius 3 is 2.35 bits per heavy atom. The highest BCUT2D eigenvalue weighted by atomic mass is 127. The van der Waals surface area contributed by atoms with Gasteiger partial charge in [-0.15, -0.1) is 24.0 Å². The lowest BCUT2D eigenvalue weighted by molar-refractivity contribution is -0.128. The summed E-state index contributed by atoms with van der Waals surface area (Å²) in [5.41, 5.74) is 0.436. The van der Waals surface area contributed by atoms with Gasteiger partial charge in [0.2, 0.25) is 5.91 Å². The van der Waals surface area contributed by atoms with Crippen molar-refractivity contribution < 1.29 is 14.3 Å². The molecule has 0 unspecified atom stereocenters. The first kappa shape index (κ1) is 24.3. The van der Waals surface area contributed by atoms with Gasteiger partial charge in [-0.2, -0.15) is 0 Å². The molecular weight excluding hydrogens is 447 g/mol. The summed E-state index contributed by atoms with van der Waals surface area (Å²) >= 11 is 0.